The molecule has 0 spiro atoms. The van der Waals surface area contributed by atoms with Crippen molar-refractivity contribution in [2.45, 2.75) is 52.2 Å². The number of carbonyl (C=O) groups excluding carboxylic acids is 1. The minimum Gasteiger partial charge on any atom is -0.444 e. The lowest BCUT2D eigenvalue weighted by Crippen LogP contribution is -2.57. The average molecular weight is 566 g/mol. The van der Waals surface area contributed by atoms with E-state index in [9.17, 15) is 4.79 Å². The second kappa shape index (κ2) is 10.8. The molecule has 9 heteroatoms. The third-order valence-electron chi connectivity index (χ3n) is 5.79. The van der Waals surface area contributed by atoms with E-state index in [1.165, 1.54) is 5.56 Å². The molecule has 0 saturated carbocycles. The number of hydrogen-bond acceptors (Lipinski definition) is 6. The lowest BCUT2D eigenvalue weighted by molar-refractivity contribution is 0.0137. The van der Waals surface area contributed by atoms with Crippen LogP contribution in [0.4, 0.5) is 4.79 Å². The summed E-state index contributed by atoms with van der Waals surface area (Å²) in [7, 11) is 0. The Bertz CT molecular complexity index is 969. The summed E-state index contributed by atoms with van der Waals surface area (Å²) >= 11 is 0. The third-order valence-corrected chi connectivity index (χ3v) is 5.79. The number of nitrogens with zero attached hydrogens (tertiary/aromatic N) is 5. The molecule has 4 rings (SSSR count). The zero-order valence-corrected chi connectivity index (χ0v) is 22.3. The van der Waals surface area contributed by atoms with Crippen molar-refractivity contribution in [1.29, 1.82) is 0 Å². The summed E-state index contributed by atoms with van der Waals surface area (Å²) in [6, 6.07) is 10.4. The number of benzene rings is 1. The fourth-order valence-electron chi connectivity index (χ4n) is 4.16. The van der Waals surface area contributed by atoms with Crippen LogP contribution in [-0.4, -0.2) is 76.0 Å². The van der Waals surface area contributed by atoms with Crippen molar-refractivity contribution in [3.63, 3.8) is 0 Å². The minimum absolute atomic E-state index is 0. The molecule has 1 aromatic carbocycles. The molecule has 1 aromatic heterocycles. The van der Waals surface area contributed by atoms with Gasteiger partial charge in [-0.05, 0) is 58.2 Å². The number of fused-ring (bicyclic) bond motifs is 1. The van der Waals surface area contributed by atoms with Crippen LogP contribution < -0.4 is 5.32 Å². The van der Waals surface area contributed by atoms with E-state index in [-0.39, 0.29) is 36.1 Å². The minimum atomic E-state index is -0.469. The number of aryl methyl sites for hydroxylation is 2. The van der Waals surface area contributed by atoms with Crippen LogP contribution in [0.1, 0.15) is 38.4 Å². The molecule has 1 N–H and O–H groups in total. The summed E-state index contributed by atoms with van der Waals surface area (Å²) in [6.07, 6.45) is 3.87. The Morgan fingerprint density at radius 2 is 1.97 bits per heavy atom. The molecule has 8 nitrogen and oxygen atoms in total. The summed E-state index contributed by atoms with van der Waals surface area (Å²) < 4.78 is 7.47. The summed E-state index contributed by atoms with van der Waals surface area (Å²) in [6.45, 7) is 11.4. The second-order valence-corrected chi connectivity index (χ2v) is 9.49. The van der Waals surface area contributed by atoms with Crippen molar-refractivity contribution >= 4 is 36.0 Å². The first-order valence-electron chi connectivity index (χ1n) is 11.4. The lowest BCUT2D eigenvalue weighted by Gasteiger charge is -2.39. The fourth-order valence-corrected chi connectivity index (χ4v) is 4.16. The second-order valence-electron chi connectivity index (χ2n) is 9.49. The van der Waals surface area contributed by atoms with Gasteiger partial charge in [-0.3, -0.25) is 4.99 Å². The molecule has 33 heavy (non-hydrogen) atoms. The topological polar surface area (TPSA) is 75.0 Å². The molecule has 2 aliphatic rings. The Kier molecular flexibility index (Phi) is 8.25. The number of halogens is 1. The maximum absolute atomic E-state index is 12.4. The van der Waals surface area contributed by atoms with Gasteiger partial charge in [0.1, 0.15) is 5.60 Å². The number of carbonyl (C=O) groups is 1. The van der Waals surface area contributed by atoms with E-state index in [4.69, 9.17) is 9.73 Å². The van der Waals surface area contributed by atoms with Gasteiger partial charge in [0, 0.05) is 32.4 Å². The Labute approximate surface area is 213 Å². The van der Waals surface area contributed by atoms with Crippen LogP contribution in [0.5, 0.6) is 0 Å². The standard InChI is InChI=1S/C24H34N6O2.HI/c1-18-19(16-30(27-18)20-10-6-5-7-11-20)9-8-12-25-22-26-15-21-17-28(13-14-29(21)22)23(31)32-24(2,3)4;/h5-7,10-11,16,21H,8-9,12-15,17H2,1-4H3,(H,25,26);1H. The van der Waals surface area contributed by atoms with Gasteiger partial charge in [0.2, 0.25) is 0 Å². The van der Waals surface area contributed by atoms with Gasteiger partial charge in [-0.15, -0.1) is 24.0 Å². The van der Waals surface area contributed by atoms with Crippen molar-refractivity contribution in [3.8, 4) is 5.69 Å². The van der Waals surface area contributed by atoms with Crippen molar-refractivity contribution in [2.24, 2.45) is 4.99 Å². The smallest absolute Gasteiger partial charge is 0.410 e. The number of aliphatic imine (C=N–C) groups is 1. The Balaban J connectivity index is 0.00000306. The largest absolute Gasteiger partial charge is 0.444 e. The van der Waals surface area contributed by atoms with Gasteiger partial charge in [0.15, 0.2) is 5.96 Å². The number of rotatable bonds is 5. The van der Waals surface area contributed by atoms with Gasteiger partial charge < -0.3 is 19.9 Å². The maximum atomic E-state index is 12.4. The molecule has 1 atom stereocenters. The first-order valence-corrected chi connectivity index (χ1v) is 11.4. The van der Waals surface area contributed by atoms with Gasteiger partial charge in [0.25, 0.3) is 0 Å². The van der Waals surface area contributed by atoms with Gasteiger partial charge >= 0.3 is 6.09 Å². The number of para-hydroxylation sites is 1. The Morgan fingerprint density at radius 1 is 1.21 bits per heavy atom. The monoisotopic (exact) mass is 566 g/mol. The van der Waals surface area contributed by atoms with Gasteiger partial charge in [-0.25, -0.2) is 9.48 Å². The van der Waals surface area contributed by atoms with E-state index in [0.29, 0.717) is 19.6 Å². The predicted octanol–water partition coefficient (Wildman–Crippen LogP) is 3.61. The molecule has 1 saturated heterocycles. The number of hydrogen-bond donors (Lipinski definition) is 1. The molecular weight excluding hydrogens is 531 g/mol. The fraction of sp³-hybridized carbons (Fsp3) is 0.542. The van der Waals surface area contributed by atoms with Crippen LogP contribution in [0.3, 0.4) is 0 Å². The predicted molar refractivity (Wildman–Crippen MR) is 141 cm³/mol. The SMILES string of the molecule is Cc1nn(-c2ccccc2)cc1CCCNC1=NCC2CN(C(=O)OC(C)(C)C)CCN12.I. The first-order chi connectivity index (χ1) is 15.3. The zero-order valence-electron chi connectivity index (χ0n) is 20.0. The van der Waals surface area contributed by atoms with E-state index in [2.05, 4.69) is 40.6 Å². The van der Waals surface area contributed by atoms with E-state index in [1.54, 1.807) is 4.90 Å². The van der Waals surface area contributed by atoms with Crippen LogP contribution in [0, 0.1) is 6.92 Å². The van der Waals surface area contributed by atoms with Gasteiger partial charge in [0.05, 0.1) is 24.0 Å². The Hall–Kier alpha value is -2.30. The lowest BCUT2D eigenvalue weighted by atomic mass is 10.1. The highest BCUT2D eigenvalue weighted by atomic mass is 127. The molecule has 3 heterocycles. The summed E-state index contributed by atoms with van der Waals surface area (Å²) in [5.41, 5.74) is 2.96. The van der Waals surface area contributed by atoms with Crippen molar-refractivity contribution in [1.82, 2.24) is 24.9 Å². The highest BCUT2D eigenvalue weighted by Crippen LogP contribution is 2.19. The van der Waals surface area contributed by atoms with E-state index >= 15 is 0 Å². The Morgan fingerprint density at radius 3 is 2.70 bits per heavy atom. The number of aromatic nitrogens is 2. The number of amides is 1. The van der Waals surface area contributed by atoms with Gasteiger partial charge in [-0.2, -0.15) is 5.10 Å². The normalized spacial score (nSPS) is 17.8. The molecule has 0 aliphatic carbocycles. The van der Waals surface area contributed by atoms with Crippen molar-refractivity contribution in [2.75, 3.05) is 32.7 Å². The number of ether oxygens (including phenoxy) is 1. The molecule has 2 aromatic rings. The van der Waals surface area contributed by atoms with Gasteiger partial charge in [-0.1, -0.05) is 18.2 Å². The molecule has 2 aliphatic heterocycles. The molecule has 0 radical (unpaired) electrons. The number of guanidine groups is 1. The average Bonchev–Trinajstić information content (AvgIpc) is 3.33. The number of piperazine rings is 1. The highest BCUT2D eigenvalue weighted by Gasteiger charge is 2.36. The summed E-state index contributed by atoms with van der Waals surface area (Å²) in [4.78, 5) is 21.2. The maximum Gasteiger partial charge on any atom is 0.410 e. The zero-order chi connectivity index (χ0) is 22.7. The van der Waals surface area contributed by atoms with Crippen LogP contribution >= 0.6 is 24.0 Å². The molecule has 180 valence electrons. The molecule has 1 amide bonds. The van der Waals surface area contributed by atoms with E-state index < -0.39 is 5.60 Å². The van der Waals surface area contributed by atoms with Crippen LogP contribution in [0.25, 0.3) is 5.69 Å². The van der Waals surface area contributed by atoms with E-state index in [1.807, 2.05) is 43.7 Å². The quantitative estimate of drug-likeness (QED) is 0.443. The van der Waals surface area contributed by atoms with Crippen LogP contribution in [0.2, 0.25) is 0 Å². The third kappa shape index (κ3) is 6.39. The summed E-state index contributed by atoms with van der Waals surface area (Å²) in [5, 5.41) is 8.16. The van der Waals surface area contributed by atoms with Crippen LogP contribution in [0.15, 0.2) is 41.5 Å². The van der Waals surface area contributed by atoms with Crippen molar-refractivity contribution < 1.29 is 9.53 Å². The molecule has 1 unspecified atom stereocenters. The summed E-state index contributed by atoms with van der Waals surface area (Å²) in [5.74, 6) is 0.954. The molecule has 0 bridgehead atoms. The first kappa shape index (κ1) is 25.3. The molecular formula is C24H35IN6O2. The number of nitrogens with one attached hydrogen (secondary N) is 1. The van der Waals surface area contributed by atoms with E-state index in [0.717, 1.165) is 43.3 Å². The van der Waals surface area contributed by atoms with Crippen molar-refractivity contribution in [3.05, 3.63) is 47.8 Å². The van der Waals surface area contributed by atoms with Crippen LogP contribution in [-0.2, 0) is 11.2 Å². The molecule has 1 fully saturated rings. The highest BCUT2D eigenvalue weighted by molar-refractivity contribution is 14.0.